The van der Waals surface area contributed by atoms with E-state index in [1.165, 1.54) is 4.90 Å². The third kappa shape index (κ3) is 8.66. The van der Waals surface area contributed by atoms with Gasteiger partial charge in [-0.2, -0.15) is 0 Å². The first-order chi connectivity index (χ1) is 18.5. The van der Waals surface area contributed by atoms with Crippen LogP contribution in [0.25, 0.3) is 0 Å². The molecule has 2 amide bonds. The highest BCUT2D eigenvalue weighted by atomic mass is 79.9. The second-order valence-corrected chi connectivity index (χ2v) is 12.5. The summed E-state index contributed by atoms with van der Waals surface area (Å²) >= 11 is 3.48. The molecular weight excluding hydrogens is 578 g/mol. The van der Waals surface area contributed by atoms with Crippen molar-refractivity contribution in [1.29, 1.82) is 0 Å². The first-order valence-corrected chi connectivity index (χ1v) is 15.5. The van der Waals surface area contributed by atoms with Gasteiger partial charge in [-0.1, -0.05) is 83.0 Å². The average molecular weight is 615 g/mol. The molecule has 3 aromatic carbocycles. The summed E-state index contributed by atoms with van der Waals surface area (Å²) in [5, 5.41) is 2.94. The van der Waals surface area contributed by atoms with Gasteiger partial charge in [0.2, 0.25) is 21.8 Å². The molecule has 0 radical (unpaired) electrons. The van der Waals surface area contributed by atoms with E-state index in [2.05, 4.69) is 21.2 Å². The van der Waals surface area contributed by atoms with Crippen molar-refractivity contribution >= 4 is 43.5 Å². The lowest BCUT2D eigenvalue weighted by Crippen LogP contribution is -2.53. The standard InChI is InChI=1S/C30H36BrN3O4S/c1-5-16-32-30(36)28(19-24-10-7-6-8-11-24)33(20-25-12-9-13-26(31)18-25)29(35)21-34(39(4,37)38)27-15-14-22(2)17-23(27)3/h6-15,17-18,28H,5,16,19-21H2,1-4H3,(H,32,36). The Morgan fingerprint density at radius 3 is 2.26 bits per heavy atom. The number of carbonyl (C=O) groups is 2. The van der Waals surface area contributed by atoms with Gasteiger partial charge in [0.1, 0.15) is 12.6 Å². The molecule has 9 heteroatoms. The van der Waals surface area contributed by atoms with Gasteiger partial charge < -0.3 is 10.2 Å². The third-order valence-electron chi connectivity index (χ3n) is 6.36. The summed E-state index contributed by atoms with van der Waals surface area (Å²) in [7, 11) is -3.80. The van der Waals surface area contributed by atoms with E-state index in [1.807, 2.05) is 87.5 Å². The van der Waals surface area contributed by atoms with Crippen LogP contribution in [0.4, 0.5) is 5.69 Å². The number of sulfonamides is 1. The fourth-order valence-electron chi connectivity index (χ4n) is 4.43. The predicted molar refractivity (Wildman–Crippen MR) is 160 cm³/mol. The predicted octanol–water partition coefficient (Wildman–Crippen LogP) is 5.00. The van der Waals surface area contributed by atoms with Crippen molar-refractivity contribution in [2.75, 3.05) is 23.7 Å². The SMILES string of the molecule is CCCNC(=O)C(Cc1ccccc1)N(Cc1cccc(Br)c1)C(=O)CN(c1ccc(C)cc1C)S(C)(=O)=O. The molecule has 1 atom stereocenters. The number of hydrogen-bond donors (Lipinski definition) is 1. The largest absolute Gasteiger partial charge is 0.354 e. The minimum absolute atomic E-state index is 0.139. The van der Waals surface area contributed by atoms with Crippen LogP contribution in [0.1, 0.15) is 35.6 Å². The maximum absolute atomic E-state index is 14.1. The Morgan fingerprint density at radius 2 is 1.64 bits per heavy atom. The van der Waals surface area contributed by atoms with Crippen LogP contribution < -0.4 is 9.62 Å². The van der Waals surface area contributed by atoms with Crippen LogP contribution in [-0.4, -0.2) is 50.5 Å². The van der Waals surface area contributed by atoms with Crippen molar-refractivity contribution in [3.8, 4) is 0 Å². The van der Waals surface area contributed by atoms with E-state index in [-0.39, 0.29) is 12.5 Å². The maximum atomic E-state index is 14.1. The van der Waals surface area contributed by atoms with Crippen LogP contribution in [-0.2, 0) is 32.6 Å². The summed E-state index contributed by atoms with van der Waals surface area (Å²) in [6, 6.07) is 21.6. The molecule has 0 spiro atoms. The third-order valence-corrected chi connectivity index (χ3v) is 7.98. The van der Waals surface area contributed by atoms with Crippen molar-refractivity contribution in [1.82, 2.24) is 10.2 Å². The van der Waals surface area contributed by atoms with Gasteiger partial charge >= 0.3 is 0 Å². The second kappa shape index (κ2) is 13.8. The lowest BCUT2D eigenvalue weighted by molar-refractivity contribution is -0.140. The normalized spacial score (nSPS) is 12.0. The first-order valence-electron chi connectivity index (χ1n) is 12.9. The van der Waals surface area contributed by atoms with Crippen molar-refractivity contribution < 1.29 is 18.0 Å². The minimum Gasteiger partial charge on any atom is -0.354 e. The summed E-state index contributed by atoms with van der Waals surface area (Å²) < 4.78 is 27.8. The maximum Gasteiger partial charge on any atom is 0.244 e. The van der Waals surface area contributed by atoms with Gasteiger partial charge in [-0.15, -0.1) is 0 Å². The molecule has 0 aromatic heterocycles. The molecule has 3 aromatic rings. The van der Waals surface area contributed by atoms with E-state index in [1.54, 1.807) is 6.07 Å². The van der Waals surface area contributed by atoms with E-state index in [9.17, 15) is 18.0 Å². The van der Waals surface area contributed by atoms with Gasteiger partial charge in [-0.05, 0) is 55.2 Å². The molecule has 208 valence electrons. The summed E-state index contributed by atoms with van der Waals surface area (Å²) in [6.45, 7) is 5.89. The quantitative estimate of drug-likeness (QED) is 0.311. The fourth-order valence-corrected chi connectivity index (χ4v) is 5.79. The van der Waals surface area contributed by atoms with Crippen molar-refractivity contribution in [3.05, 3.63) is 99.5 Å². The monoisotopic (exact) mass is 613 g/mol. The van der Waals surface area contributed by atoms with E-state index in [0.717, 1.165) is 43.7 Å². The number of anilines is 1. The Bertz CT molecular complexity index is 1400. The molecule has 0 saturated carbocycles. The highest BCUT2D eigenvalue weighted by molar-refractivity contribution is 9.10. The van der Waals surface area contributed by atoms with Crippen molar-refractivity contribution in [2.45, 2.75) is 46.2 Å². The highest BCUT2D eigenvalue weighted by Crippen LogP contribution is 2.25. The summed E-state index contributed by atoms with van der Waals surface area (Å²) in [5.74, 6) is -0.741. The Hall–Kier alpha value is -3.17. The zero-order valence-electron chi connectivity index (χ0n) is 22.9. The van der Waals surface area contributed by atoms with Gasteiger partial charge in [0.25, 0.3) is 0 Å². The van der Waals surface area contributed by atoms with E-state index in [0.29, 0.717) is 18.7 Å². The number of nitrogens with one attached hydrogen (secondary N) is 1. The summed E-state index contributed by atoms with van der Waals surface area (Å²) in [6.07, 6.45) is 2.13. The second-order valence-electron chi connectivity index (χ2n) is 9.71. The van der Waals surface area contributed by atoms with E-state index >= 15 is 0 Å². The van der Waals surface area contributed by atoms with Gasteiger partial charge in [-0.25, -0.2) is 8.42 Å². The number of benzene rings is 3. The molecule has 0 aliphatic heterocycles. The molecule has 0 fully saturated rings. The molecule has 0 aliphatic rings. The minimum atomic E-state index is -3.80. The van der Waals surface area contributed by atoms with Gasteiger partial charge in [0, 0.05) is 24.0 Å². The number of aryl methyl sites for hydroxylation is 2. The molecule has 7 nitrogen and oxygen atoms in total. The van der Waals surface area contributed by atoms with Crippen molar-refractivity contribution in [2.24, 2.45) is 0 Å². The molecule has 0 heterocycles. The average Bonchev–Trinajstić information content (AvgIpc) is 2.88. The highest BCUT2D eigenvalue weighted by Gasteiger charge is 2.33. The van der Waals surface area contributed by atoms with Crippen LogP contribution in [0.2, 0.25) is 0 Å². The van der Waals surface area contributed by atoms with E-state index < -0.39 is 28.5 Å². The van der Waals surface area contributed by atoms with Crippen LogP contribution in [0.15, 0.2) is 77.3 Å². The van der Waals surface area contributed by atoms with Gasteiger partial charge in [-0.3, -0.25) is 13.9 Å². The van der Waals surface area contributed by atoms with E-state index in [4.69, 9.17) is 0 Å². The summed E-state index contributed by atoms with van der Waals surface area (Å²) in [4.78, 5) is 29.1. The Labute approximate surface area is 240 Å². The van der Waals surface area contributed by atoms with Crippen LogP contribution in [0.5, 0.6) is 0 Å². The molecule has 0 aliphatic carbocycles. The number of carbonyl (C=O) groups excluding carboxylic acids is 2. The number of amides is 2. The molecule has 0 bridgehead atoms. The number of hydrogen-bond acceptors (Lipinski definition) is 4. The lowest BCUT2D eigenvalue weighted by atomic mass is 10.0. The Balaban J connectivity index is 2.06. The smallest absolute Gasteiger partial charge is 0.244 e. The molecular formula is C30H36BrN3O4S. The Kier molecular flexibility index (Phi) is 10.7. The van der Waals surface area contributed by atoms with Crippen LogP contribution in [0, 0.1) is 13.8 Å². The zero-order chi connectivity index (χ0) is 28.6. The first kappa shape index (κ1) is 30.4. The van der Waals surface area contributed by atoms with Gasteiger partial charge in [0.05, 0.1) is 11.9 Å². The number of halogens is 1. The van der Waals surface area contributed by atoms with Crippen LogP contribution in [0.3, 0.4) is 0 Å². The molecule has 1 unspecified atom stereocenters. The molecule has 0 saturated heterocycles. The van der Waals surface area contributed by atoms with Crippen LogP contribution >= 0.6 is 15.9 Å². The Morgan fingerprint density at radius 1 is 0.949 bits per heavy atom. The topological polar surface area (TPSA) is 86.8 Å². The lowest BCUT2D eigenvalue weighted by Gasteiger charge is -2.34. The number of nitrogens with zero attached hydrogens (tertiary/aromatic N) is 2. The molecule has 1 N–H and O–H groups in total. The summed E-state index contributed by atoms with van der Waals surface area (Å²) in [5.41, 5.74) is 3.89. The van der Waals surface area contributed by atoms with Crippen molar-refractivity contribution in [3.63, 3.8) is 0 Å². The fraction of sp³-hybridized carbons (Fsp3) is 0.333. The number of rotatable bonds is 12. The molecule has 39 heavy (non-hydrogen) atoms. The molecule has 3 rings (SSSR count). The zero-order valence-corrected chi connectivity index (χ0v) is 25.3. The van der Waals surface area contributed by atoms with Gasteiger partial charge in [0.15, 0.2) is 0 Å².